The maximum absolute atomic E-state index is 5.32. The number of hydrogen-bond donors (Lipinski definition) is 0. The average molecular weight is 605 g/mol. The summed E-state index contributed by atoms with van der Waals surface area (Å²) in [5.74, 6) is 0.660. The van der Waals surface area contributed by atoms with Gasteiger partial charge in [-0.3, -0.25) is 4.57 Å². The van der Waals surface area contributed by atoms with Crippen molar-refractivity contribution in [3.8, 4) is 34.2 Å². The lowest BCUT2D eigenvalue weighted by Crippen LogP contribution is -2.05. The van der Waals surface area contributed by atoms with E-state index in [4.69, 9.17) is 9.97 Å². The highest BCUT2D eigenvalue weighted by Gasteiger charge is 2.21. The van der Waals surface area contributed by atoms with Crippen molar-refractivity contribution in [2.75, 3.05) is 0 Å². The van der Waals surface area contributed by atoms with Gasteiger partial charge in [0.15, 0.2) is 0 Å². The van der Waals surface area contributed by atoms with Gasteiger partial charge in [0.2, 0.25) is 5.95 Å². The zero-order chi connectivity index (χ0) is 31.6. The van der Waals surface area contributed by atoms with Gasteiger partial charge in [-0.1, -0.05) is 97.1 Å². The first-order chi connectivity index (χ1) is 23.0. The molecule has 4 heteroatoms. The van der Waals surface area contributed by atoms with Gasteiger partial charge in [0.05, 0.1) is 33.5 Å². The molecule has 3 heterocycles. The lowest BCUT2D eigenvalue weighted by Gasteiger charge is -2.14. The molecule has 0 atom stereocenters. The minimum Gasteiger partial charge on any atom is -0.309 e. The molecule has 0 radical (unpaired) electrons. The molecule has 3 aromatic heterocycles. The van der Waals surface area contributed by atoms with Gasteiger partial charge in [-0.2, -0.15) is 0 Å². The zero-order valence-corrected chi connectivity index (χ0v) is 26.6. The summed E-state index contributed by atoms with van der Waals surface area (Å²) in [6.45, 7) is 6.45. The maximum atomic E-state index is 5.32. The van der Waals surface area contributed by atoms with E-state index in [-0.39, 0.29) is 0 Å². The lowest BCUT2D eigenvalue weighted by atomic mass is 10.0. The van der Waals surface area contributed by atoms with Crippen LogP contribution in [0.5, 0.6) is 0 Å². The fourth-order valence-electron chi connectivity index (χ4n) is 7.19. The molecule has 0 amide bonds. The monoisotopic (exact) mass is 604 g/mol. The predicted octanol–water partition coefficient (Wildman–Crippen LogP) is 10.9. The van der Waals surface area contributed by atoms with Gasteiger partial charge in [0.25, 0.3) is 0 Å². The van der Waals surface area contributed by atoms with E-state index in [1.165, 1.54) is 43.8 Å². The second-order valence-electron chi connectivity index (χ2n) is 12.5. The third kappa shape index (κ3) is 4.29. The topological polar surface area (TPSA) is 35.6 Å². The minimum absolute atomic E-state index is 0.660. The quantitative estimate of drug-likeness (QED) is 0.200. The molecule has 9 rings (SSSR count). The second kappa shape index (κ2) is 10.5. The number of aromatic nitrogens is 4. The van der Waals surface area contributed by atoms with Gasteiger partial charge in [-0.05, 0) is 79.9 Å². The standard InChI is InChI=1S/C43H32N4/c1-27-21-22-34-36-24-35-33-19-11-12-20-39(33)47(42(35)26-41(36)46(40(34)23-27)30-15-5-4-6-16-30)43-44-37(31-17-9-7-13-28(31)2)25-38(45-43)32-18-10-8-14-29(32)3/h4-26H,1-3H3. The molecule has 0 spiro atoms. The van der Waals surface area contributed by atoms with Crippen molar-refractivity contribution in [2.45, 2.75) is 20.8 Å². The fourth-order valence-corrected chi connectivity index (χ4v) is 7.19. The summed E-state index contributed by atoms with van der Waals surface area (Å²) in [6.07, 6.45) is 0. The van der Waals surface area contributed by atoms with Crippen molar-refractivity contribution in [1.82, 2.24) is 19.1 Å². The minimum atomic E-state index is 0.660. The fraction of sp³-hybridized carbons (Fsp3) is 0.0698. The Morgan fingerprint density at radius 1 is 0.404 bits per heavy atom. The Labute approximate surface area is 273 Å². The number of nitrogens with zero attached hydrogens (tertiary/aromatic N) is 4. The van der Waals surface area contributed by atoms with Crippen LogP contribution < -0.4 is 0 Å². The van der Waals surface area contributed by atoms with Crippen LogP contribution in [0, 0.1) is 20.8 Å². The van der Waals surface area contributed by atoms with Gasteiger partial charge in [-0.25, -0.2) is 9.97 Å². The molecule has 0 unspecified atom stereocenters. The van der Waals surface area contributed by atoms with Gasteiger partial charge in [-0.15, -0.1) is 0 Å². The summed E-state index contributed by atoms with van der Waals surface area (Å²) in [5.41, 5.74) is 13.3. The highest BCUT2D eigenvalue weighted by molar-refractivity contribution is 6.19. The smallest absolute Gasteiger partial charge is 0.235 e. The van der Waals surface area contributed by atoms with E-state index in [0.717, 1.165) is 44.8 Å². The number of hydrogen-bond acceptors (Lipinski definition) is 2. The Balaban J connectivity index is 1.42. The molecular weight excluding hydrogens is 573 g/mol. The molecule has 0 fully saturated rings. The molecule has 47 heavy (non-hydrogen) atoms. The van der Waals surface area contributed by atoms with Crippen LogP contribution in [0.25, 0.3) is 77.8 Å². The van der Waals surface area contributed by atoms with E-state index in [1.807, 2.05) is 0 Å². The summed E-state index contributed by atoms with van der Waals surface area (Å²) in [6, 6.07) is 49.8. The van der Waals surface area contributed by atoms with E-state index in [9.17, 15) is 0 Å². The van der Waals surface area contributed by atoms with E-state index < -0.39 is 0 Å². The molecule has 9 aromatic rings. The molecule has 6 aromatic carbocycles. The summed E-state index contributed by atoms with van der Waals surface area (Å²) >= 11 is 0. The Kier molecular flexibility index (Phi) is 6.12. The highest BCUT2D eigenvalue weighted by Crippen LogP contribution is 2.40. The van der Waals surface area contributed by atoms with E-state index in [0.29, 0.717) is 5.95 Å². The lowest BCUT2D eigenvalue weighted by molar-refractivity contribution is 0.994. The van der Waals surface area contributed by atoms with Crippen molar-refractivity contribution in [1.29, 1.82) is 0 Å². The summed E-state index contributed by atoms with van der Waals surface area (Å²) in [7, 11) is 0. The number of para-hydroxylation sites is 2. The zero-order valence-electron chi connectivity index (χ0n) is 26.6. The molecular formula is C43H32N4. The van der Waals surface area contributed by atoms with Gasteiger partial charge in [0, 0.05) is 38.4 Å². The van der Waals surface area contributed by atoms with Crippen molar-refractivity contribution >= 4 is 43.6 Å². The third-order valence-corrected chi connectivity index (χ3v) is 9.49. The van der Waals surface area contributed by atoms with Crippen molar-refractivity contribution in [3.05, 3.63) is 156 Å². The van der Waals surface area contributed by atoms with Crippen LogP contribution in [0.15, 0.2) is 140 Å². The van der Waals surface area contributed by atoms with Gasteiger partial charge < -0.3 is 4.57 Å². The first-order valence-corrected chi connectivity index (χ1v) is 16.1. The Bertz CT molecular complexity index is 2590. The number of fused-ring (bicyclic) bond motifs is 6. The number of aryl methyl sites for hydroxylation is 3. The Hall–Kier alpha value is -6.00. The summed E-state index contributed by atoms with van der Waals surface area (Å²) < 4.78 is 4.65. The van der Waals surface area contributed by atoms with Crippen LogP contribution in [-0.2, 0) is 0 Å². The number of rotatable bonds is 4. The highest BCUT2D eigenvalue weighted by atomic mass is 15.2. The third-order valence-electron chi connectivity index (χ3n) is 9.49. The summed E-state index contributed by atoms with van der Waals surface area (Å²) in [5, 5.41) is 4.84. The van der Waals surface area contributed by atoms with Crippen LogP contribution in [0.4, 0.5) is 0 Å². The molecule has 0 N–H and O–H groups in total. The molecule has 0 aliphatic rings. The molecule has 0 saturated heterocycles. The van der Waals surface area contributed by atoms with E-state index in [2.05, 4.69) is 169 Å². The van der Waals surface area contributed by atoms with Crippen molar-refractivity contribution in [3.63, 3.8) is 0 Å². The maximum Gasteiger partial charge on any atom is 0.235 e. The largest absolute Gasteiger partial charge is 0.309 e. The van der Waals surface area contributed by atoms with Crippen molar-refractivity contribution < 1.29 is 0 Å². The van der Waals surface area contributed by atoms with Gasteiger partial charge in [0.1, 0.15) is 0 Å². The number of benzene rings is 6. The van der Waals surface area contributed by atoms with E-state index in [1.54, 1.807) is 0 Å². The van der Waals surface area contributed by atoms with Crippen molar-refractivity contribution in [2.24, 2.45) is 0 Å². The van der Waals surface area contributed by atoms with Crippen LogP contribution in [0.3, 0.4) is 0 Å². The molecule has 0 bridgehead atoms. The average Bonchev–Trinajstić information content (AvgIpc) is 3.59. The van der Waals surface area contributed by atoms with Crippen LogP contribution in [0.2, 0.25) is 0 Å². The Morgan fingerprint density at radius 2 is 0.957 bits per heavy atom. The molecule has 0 aliphatic carbocycles. The van der Waals surface area contributed by atoms with Crippen LogP contribution in [0.1, 0.15) is 16.7 Å². The first kappa shape index (κ1) is 27.3. The van der Waals surface area contributed by atoms with E-state index >= 15 is 0 Å². The Morgan fingerprint density at radius 3 is 1.64 bits per heavy atom. The molecule has 224 valence electrons. The summed E-state index contributed by atoms with van der Waals surface area (Å²) in [4.78, 5) is 10.6. The molecule has 0 aliphatic heterocycles. The molecule has 4 nitrogen and oxygen atoms in total. The normalized spacial score (nSPS) is 11.7. The van der Waals surface area contributed by atoms with Gasteiger partial charge >= 0.3 is 0 Å². The SMILES string of the molecule is Cc1ccc2c3cc4c5ccccc5n(-c5nc(-c6ccccc6C)cc(-c6ccccc6C)n5)c4cc3n(-c3ccccc3)c2c1. The first-order valence-electron chi connectivity index (χ1n) is 16.1. The second-order valence-corrected chi connectivity index (χ2v) is 12.5. The predicted molar refractivity (Wildman–Crippen MR) is 196 cm³/mol. The van der Waals surface area contributed by atoms with Crippen LogP contribution in [-0.4, -0.2) is 19.1 Å². The molecule has 0 saturated carbocycles. The van der Waals surface area contributed by atoms with Crippen LogP contribution >= 0.6 is 0 Å².